The van der Waals surface area contributed by atoms with E-state index in [-0.39, 0.29) is 30.7 Å². The van der Waals surface area contributed by atoms with Crippen molar-refractivity contribution >= 4 is 21.6 Å². The van der Waals surface area contributed by atoms with Gasteiger partial charge in [0.2, 0.25) is 10.0 Å². The van der Waals surface area contributed by atoms with Gasteiger partial charge in [-0.15, -0.1) is 0 Å². The van der Waals surface area contributed by atoms with Crippen LogP contribution in [0.25, 0.3) is 0 Å². The molecule has 2 atom stereocenters. The third-order valence-corrected chi connectivity index (χ3v) is 5.73. The third kappa shape index (κ3) is 7.81. The Kier molecular flexibility index (Phi) is 8.01. The number of primary amides is 1. The van der Waals surface area contributed by atoms with Gasteiger partial charge in [0, 0.05) is 18.7 Å². The van der Waals surface area contributed by atoms with Gasteiger partial charge in [0.1, 0.15) is 30.0 Å². The number of rotatable bonds is 11. The van der Waals surface area contributed by atoms with Crippen molar-refractivity contribution in [3.05, 3.63) is 47.5 Å². The molecule has 10 nitrogen and oxygen atoms in total. The molecule has 0 spiro atoms. The highest BCUT2D eigenvalue weighted by Gasteiger charge is 2.20. The highest BCUT2D eigenvalue weighted by atomic mass is 32.2. The number of benzene rings is 2. The number of hydrogen-bond donors (Lipinski definition) is 5. The van der Waals surface area contributed by atoms with Gasteiger partial charge in [-0.25, -0.2) is 8.42 Å². The molecule has 1 aliphatic carbocycles. The molecule has 2 aromatic carbocycles. The lowest BCUT2D eigenvalue weighted by atomic mass is 9.88. The first-order valence-corrected chi connectivity index (χ1v) is 12.4. The summed E-state index contributed by atoms with van der Waals surface area (Å²) < 4.78 is 35.9. The first kappa shape index (κ1) is 24.6. The Hall–Kier alpha value is -3.02. The topological polar surface area (TPSA) is 160 Å². The summed E-state index contributed by atoms with van der Waals surface area (Å²) in [7, 11) is -3.55. The molecule has 0 fully saturated rings. The maximum Gasteiger partial charge on any atom is 0.255 e. The summed E-state index contributed by atoms with van der Waals surface area (Å²) in [6, 6.07) is 10.1. The molecular weight excluding hydrogens is 450 g/mol. The predicted octanol–water partition coefficient (Wildman–Crippen LogP) is 0.515. The van der Waals surface area contributed by atoms with E-state index in [0.717, 1.165) is 31.1 Å². The fourth-order valence-corrected chi connectivity index (χ4v) is 4.16. The summed E-state index contributed by atoms with van der Waals surface area (Å²) >= 11 is 0. The Morgan fingerprint density at radius 2 is 1.91 bits per heavy atom. The van der Waals surface area contributed by atoms with Crippen molar-refractivity contribution in [2.45, 2.75) is 31.4 Å². The number of amides is 1. The van der Waals surface area contributed by atoms with Crippen LogP contribution >= 0.6 is 0 Å². The number of nitrogens with two attached hydrogens (primary N) is 1. The van der Waals surface area contributed by atoms with Gasteiger partial charge in [0.25, 0.3) is 5.91 Å². The highest BCUT2D eigenvalue weighted by Crippen LogP contribution is 2.29. The normalized spacial score (nSPS) is 16.5. The number of carbonyl (C=O) groups is 1. The molecule has 11 heteroatoms. The van der Waals surface area contributed by atoms with Crippen molar-refractivity contribution < 1.29 is 32.9 Å². The second-order valence-electron chi connectivity index (χ2n) is 8.05. The van der Waals surface area contributed by atoms with Gasteiger partial charge in [-0.3, -0.25) is 9.52 Å². The van der Waals surface area contributed by atoms with Crippen LogP contribution < -0.4 is 25.2 Å². The zero-order chi connectivity index (χ0) is 24.0. The predicted molar refractivity (Wildman–Crippen MR) is 123 cm³/mol. The lowest BCUT2D eigenvalue weighted by Gasteiger charge is -2.27. The highest BCUT2D eigenvalue weighted by molar-refractivity contribution is 7.92. The molecule has 1 amide bonds. The Labute approximate surface area is 192 Å². The van der Waals surface area contributed by atoms with Crippen molar-refractivity contribution in [2.75, 3.05) is 30.7 Å². The number of hydrogen-bond acceptors (Lipinski definition) is 8. The fourth-order valence-electron chi connectivity index (χ4n) is 3.59. The monoisotopic (exact) mass is 479 g/mol. The quantitative estimate of drug-likeness (QED) is 0.292. The van der Waals surface area contributed by atoms with Gasteiger partial charge in [0.15, 0.2) is 6.61 Å². The number of anilines is 1. The van der Waals surface area contributed by atoms with Crippen LogP contribution in [0.4, 0.5) is 5.69 Å². The number of aliphatic hydroxyl groups is 1. The molecule has 2 aromatic rings. The van der Waals surface area contributed by atoms with Gasteiger partial charge in [-0.05, 0) is 54.7 Å². The second kappa shape index (κ2) is 10.7. The van der Waals surface area contributed by atoms with E-state index >= 15 is 0 Å². The van der Waals surface area contributed by atoms with E-state index in [0.29, 0.717) is 18.0 Å². The summed E-state index contributed by atoms with van der Waals surface area (Å²) in [6.45, 7) is 0.133. The minimum Gasteiger partial charge on any atom is -0.506 e. The second-order valence-corrected chi connectivity index (χ2v) is 9.80. The Morgan fingerprint density at radius 1 is 1.18 bits per heavy atom. The van der Waals surface area contributed by atoms with Gasteiger partial charge in [-0.2, -0.15) is 0 Å². The zero-order valence-electron chi connectivity index (χ0n) is 18.3. The zero-order valence-corrected chi connectivity index (χ0v) is 19.1. The van der Waals surface area contributed by atoms with Crippen molar-refractivity contribution in [3.63, 3.8) is 0 Å². The summed E-state index contributed by atoms with van der Waals surface area (Å²) in [5, 5.41) is 23.4. The minimum atomic E-state index is -3.55. The van der Waals surface area contributed by atoms with Gasteiger partial charge in [-0.1, -0.05) is 6.07 Å². The maximum absolute atomic E-state index is 11.4. The first-order valence-electron chi connectivity index (χ1n) is 10.5. The molecule has 0 heterocycles. The minimum absolute atomic E-state index is 0.00247. The molecule has 3 rings (SSSR count). The van der Waals surface area contributed by atoms with Gasteiger partial charge in [0.05, 0.1) is 11.9 Å². The lowest BCUT2D eigenvalue weighted by molar-refractivity contribution is -0.119. The summed E-state index contributed by atoms with van der Waals surface area (Å²) in [5.74, 6) is 0.155. The molecule has 0 aliphatic heterocycles. The summed E-state index contributed by atoms with van der Waals surface area (Å²) in [6.07, 6.45) is 2.75. The number of phenols is 1. The van der Waals surface area contributed by atoms with Crippen molar-refractivity contribution in [1.29, 1.82) is 0 Å². The Bertz CT molecular complexity index is 1090. The maximum atomic E-state index is 11.4. The molecular formula is C22H29N3O7S. The molecule has 33 heavy (non-hydrogen) atoms. The Balaban J connectivity index is 1.48. The van der Waals surface area contributed by atoms with Crippen LogP contribution in [0.2, 0.25) is 0 Å². The SMILES string of the molecule is CS(=O)(=O)Nc1cc(OC[C@@H](O)CN[C@H]2CCc3ccc(OCC(N)=O)cc3C2)ccc1O. The molecule has 0 saturated heterocycles. The van der Waals surface area contributed by atoms with Crippen molar-refractivity contribution in [1.82, 2.24) is 5.32 Å². The number of sulfonamides is 1. The first-order chi connectivity index (χ1) is 15.6. The van der Waals surface area contributed by atoms with Crippen molar-refractivity contribution in [2.24, 2.45) is 5.73 Å². The van der Waals surface area contributed by atoms with E-state index in [1.54, 1.807) is 0 Å². The van der Waals surface area contributed by atoms with Gasteiger partial charge >= 0.3 is 0 Å². The molecule has 0 bridgehead atoms. The number of phenolic OH excluding ortho intramolecular Hbond substituents is 1. The number of aromatic hydroxyl groups is 1. The molecule has 0 radical (unpaired) electrons. The van der Waals surface area contributed by atoms with Crippen molar-refractivity contribution in [3.8, 4) is 17.2 Å². The molecule has 0 aromatic heterocycles. The van der Waals surface area contributed by atoms with Gasteiger partial charge < -0.3 is 30.7 Å². The molecule has 6 N–H and O–H groups in total. The van der Waals surface area contributed by atoms with Crippen LogP contribution in [-0.4, -0.2) is 62.7 Å². The van der Waals surface area contributed by atoms with E-state index in [1.165, 1.54) is 23.8 Å². The molecule has 0 saturated carbocycles. The van der Waals surface area contributed by atoms with E-state index in [9.17, 15) is 23.4 Å². The van der Waals surface area contributed by atoms with Crippen LogP contribution in [0, 0.1) is 0 Å². The van der Waals surface area contributed by atoms with E-state index in [4.69, 9.17) is 15.2 Å². The Morgan fingerprint density at radius 3 is 2.64 bits per heavy atom. The molecule has 180 valence electrons. The molecule has 0 unspecified atom stereocenters. The van der Waals surface area contributed by atoms with Crippen LogP contribution in [0.3, 0.4) is 0 Å². The van der Waals surface area contributed by atoms with E-state index in [2.05, 4.69) is 10.0 Å². The lowest BCUT2D eigenvalue weighted by Crippen LogP contribution is -2.40. The largest absolute Gasteiger partial charge is 0.506 e. The smallest absolute Gasteiger partial charge is 0.255 e. The average molecular weight is 480 g/mol. The molecule has 1 aliphatic rings. The summed E-state index contributed by atoms with van der Waals surface area (Å²) in [5.41, 5.74) is 7.48. The average Bonchev–Trinajstić information content (AvgIpc) is 2.75. The van der Waals surface area contributed by atoms with Crippen LogP contribution in [0.5, 0.6) is 17.2 Å². The number of aliphatic hydroxyl groups excluding tert-OH is 1. The fraction of sp³-hybridized carbons (Fsp3) is 0.409. The van der Waals surface area contributed by atoms with E-state index < -0.39 is 22.0 Å². The number of aryl methyl sites for hydroxylation is 1. The van der Waals surface area contributed by atoms with Crippen LogP contribution in [0.15, 0.2) is 36.4 Å². The van der Waals surface area contributed by atoms with Crippen LogP contribution in [-0.2, 0) is 27.7 Å². The number of nitrogens with one attached hydrogen (secondary N) is 2. The summed E-state index contributed by atoms with van der Waals surface area (Å²) in [4.78, 5) is 10.9. The number of ether oxygens (including phenoxy) is 2. The van der Waals surface area contributed by atoms with E-state index in [1.807, 2.05) is 18.2 Å². The standard InChI is InChI=1S/C22H29N3O7S/c1-33(29,30)25-20-10-19(6-7-21(20)27)31-12-17(26)11-24-16-4-2-14-3-5-18(9-15(14)8-16)32-13-22(23)28/h3,5-7,9-10,16-17,24-27H,2,4,8,11-13H2,1H3,(H2,23,28)/t16-,17-/m0/s1. The number of carbonyl (C=O) groups excluding carboxylic acids is 1. The third-order valence-electron chi connectivity index (χ3n) is 5.14. The van der Waals surface area contributed by atoms with Crippen LogP contribution in [0.1, 0.15) is 17.5 Å². The number of fused-ring (bicyclic) bond motifs is 1.